The molecular weight excluding hydrogens is 419 g/mol. The third-order valence-corrected chi connectivity index (χ3v) is 6.95. The smallest absolute Gasteiger partial charge is 0.243 e. The molecule has 0 unspecified atom stereocenters. The van der Waals surface area contributed by atoms with Crippen LogP contribution in [0.2, 0.25) is 0 Å². The highest BCUT2D eigenvalue weighted by Crippen LogP contribution is 2.17. The Balaban J connectivity index is 1.65. The highest BCUT2D eigenvalue weighted by atomic mass is 32.2. The minimum absolute atomic E-state index is 0.0423. The van der Waals surface area contributed by atoms with Crippen LogP contribution in [-0.4, -0.2) is 44.9 Å². The second-order valence-corrected chi connectivity index (χ2v) is 9.03. The Hall–Kier alpha value is -2.45. The van der Waals surface area contributed by atoms with Crippen molar-refractivity contribution < 1.29 is 22.3 Å². The van der Waals surface area contributed by atoms with Crippen LogP contribution in [0.4, 0.5) is 4.39 Å². The van der Waals surface area contributed by atoms with E-state index in [4.69, 9.17) is 4.74 Å². The van der Waals surface area contributed by atoms with E-state index in [9.17, 15) is 17.6 Å². The number of rotatable bonds is 13. The maximum atomic E-state index is 12.8. The lowest BCUT2D eigenvalue weighted by Crippen LogP contribution is -2.30. The molecule has 6 nitrogen and oxygen atoms in total. The summed E-state index contributed by atoms with van der Waals surface area (Å²) in [5.41, 5.74) is 0.918. The molecule has 0 atom stereocenters. The predicted octanol–water partition coefficient (Wildman–Crippen LogP) is 3.76. The van der Waals surface area contributed by atoms with Crippen molar-refractivity contribution in [3.8, 4) is 5.75 Å². The first-order chi connectivity index (χ1) is 14.9. The zero-order valence-electron chi connectivity index (χ0n) is 18.1. The fourth-order valence-corrected chi connectivity index (χ4v) is 4.52. The number of carbonyl (C=O) groups excluding carboxylic acids is 1. The van der Waals surface area contributed by atoms with Crippen molar-refractivity contribution >= 4 is 15.9 Å². The Morgan fingerprint density at radius 3 is 2.26 bits per heavy atom. The van der Waals surface area contributed by atoms with Gasteiger partial charge in [-0.05, 0) is 61.2 Å². The van der Waals surface area contributed by atoms with Crippen molar-refractivity contribution in [2.24, 2.45) is 0 Å². The van der Waals surface area contributed by atoms with Gasteiger partial charge in [-0.2, -0.15) is 4.31 Å². The van der Waals surface area contributed by atoms with Crippen molar-refractivity contribution in [1.82, 2.24) is 9.62 Å². The van der Waals surface area contributed by atoms with Crippen LogP contribution in [0.15, 0.2) is 53.4 Å². The number of amides is 1. The lowest BCUT2D eigenvalue weighted by molar-refractivity contribution is -0.121. The van der Waals surface area contributed by atoms with Crippen LogP contribution < -0.4 is 10.1 Å². The second-order valence-electron chi connectivity index (χ2n) is 7.09. The van der Waals surface area contributed by atoms with E-state index in [1.54, 1.807) is 36.4 Å². The number of carbonyl (C=O) groups is 1. The van der Waals surface area contributed by atoms with Crippen LogP contribution in [0.3, 0.4) is 0 Å². The number of nitrogens with zero attached hydrogens (tertiary/aromatic N) is 1. The monoisotopic (exact) mass is 450 g/mol. The third kappa shape index (κ3) is 7.95. The molecule has 0 bridgehead atoms. The molecule has 1 N–H and O–H groups in total. The normalized spacial score (nSPS) is 11.5. The van der Waals surface area contributed by atoms with Crippen LogP contribution >= 0.6 is 0 Å². The summed E-state index contributed by atoms with van der Waals surface area (Å²) in [7, 11) is -3.46. The van der Waals surface area contributed by atoms with E-state index in [0.29, 0.717) is 44.8 Å². The molecule has 0 heterocycles. The molecule has 0 aliphatic heterocycles. The van der Waals surface area contributed by atoms with Gasteiger partial charge in [-0.3, -0.25) is 4.79 Å². The highest BCUT2D eigenvalue weighted by molar-refractivity contribution is 7.89. The summed E-state index contributed by atoms with van der Waals surface area (Å²) in [5, 5.41) is 2.88. The zero-order valence-corrected chi connectivity index (χ0v) is 19.0. The molecule has 8 heteroatoms. The maximum absolute atomic E-state index is 12.8. The zero-order chi connectivity index (χ0) is 22.7. The Kier molecular flexibility index (Phi) is 9.94. The van der Waals surface area contributed by atoms with Gasteiger partial charge in [0.15, 0.2) is 0 Å². The molecular formula is C23H31FN2O4S. The molecule has 0 saturated carbocycles. The first-order valence-corrected chi connectivity index (χ1v) is 12.0. The van der Waals surface area contributed by atoms with Crippen molar-refractivity contribution in [3.05, 3.63) is 59.9 Å². The van der Waals surface area contributed by atoms with Gasteiger partial charge in [0, 0.05) is 26.1 Å². The summed E-state index contributed by atoms with van der Waals surface area (Å²) in [5.74, 6) is 0.288. The van der Waals surface area contributed by atoms with E-state index in [0.717, 1.165) is 18.4 Å². The Bertz CT molecular complexity index is 912. The topological polar surface area (TPSA) is 75.7 Å². The van der Waals surface area contributed by atoms with Gasteiger partial charge < -0.3 is 10.1 Å². The Morgan fingerprint density at radius 2 is 1.65 bits per heavy atom. The van der Waals surface area contributed by atoms with E-state index < -0.39 is 10.0 Å². The lowest BCUT2D eigenvalue weighted by Gasteiger charge is -2.18. The number of halogens is 1. The number of ether oxygens (including phenoxy) is 1. The van der Waals surface area contributed by atoms with Gasteiger partial charge >= 0.3 is 0 Å². The molecule has 0 aliphatic carbocycles. The van der Waals surface area contributed by atoms with E-state index in [1.165, 1.54) is 16.4 Å². The van der Waals surface area contributed by atoms with Crippen LogP contribution in [0.5, 0.6) is 5.75 Å². The SMILES string of the molecule is CCN(CC)S(=O)(=O)c1ccc(CCC(=O)NCCCCOc2ccc(F)cc2)cc1. The molecule has 0 fully saturated rings. The summed E-state index contributed by atoms with van der Waals surface area (Å²) in [6.45, 7) is 5.55. The van der Waals surface area contributed by atoms with Crippen molar-refractivity contribution in [2.45, 2.75) is 44.4 Å². The minimum Gasteiger partial charge on any atom is -0.494 e. The largest absolute Gasteiger partial charge is 0.494 e. The fraction of sp³-hybridized carbons (Fsp3) is 0.435. The van der Waals surface area contributed by atoms with E-state index in [-0.39, 0.29) is 16.6 Å². The standard InChI is InChI=1S/C23H31FN2O4S/c1-3-26(4-2)31(28,29)22-14-7-19(8-15-22)9-16-23(27)25-17-5-6-18-30-21-12-10-20(24)11-13-21/h7-8,10-15H,3-6,9,16-18H2,1-2H3,(H,25,27). The molecule has 0 aliphatic rings. The van der Waals surface area contributed by atoms with E-state index in [2.05, 4.69) is 5.32 Å². The molecule has 0 radical (unpaired) electrons. The number of sulfonamides is 1. The Morgan fingerprint density at radius 1 is 1.00 bits per heavy atom. The number of hydrogen-bond acceptors (Lipinski definition) is 4. The van der Waals surface area contributed by atoms with Gasteiger partial charge in [0.1, 0.15) is 11.6 Å². The Labute approximate surface area is 184 Å². The second kappa shape index (κ2) is 12.4. The number of nitrogens with one attached hydrogen (secondary N) is 1. The van der Waals surface area contributed by atoms with Crippen LogP contribution in [0.1, 0.15) is 38.7 Å². The maximum Gasteiger partial charge on any atom is 0.243 e. The van der Waals surface area contributed by atoms with Gasteiger partial charge in [-0.15, -0.1) is 0 Å². The molecule has 2 aromatic rings. The summed E-state index contributed by atoms with van der Waals surface area (Å²) >= 11 is 0. The van der Waals surface area contributed by atoms with Gasteiger partial charge in [0.05, 0.1) is 11.5 Å². The number of hydrogen-bond donors (Lipinski definition) is 1. The van der Waals surface area contributed by atoms with Gasteiger partial charge in [0.25, 0.3) is 0 Å². The summed E-state index contributed by atoms with van der Waals surface area (Å²) in [6, 6.07) is 12.6. The predicted molar refractivity (Wildman–Crippen MR) is 119 cm³/mol. The first kappa shape index (κ1) is 24.8. The minimum atomic E-state index is -3.46. The number of benzene rings is 2. The molecule has 2 aromatic carbocycles. The van der Waals surface area contributed by atoms with Crippen LogP contribution in [-0.2, 0) is 21.2 Å². The van der Waals surface area contributed by atoms with Crippen LogP contribution in [0.25, 0.3) is 0 Å². The third-order valence-electron chi connectivity index (χ3n) is 4.88. The van der Waals surface area contributed by atoms with Gasteiger partial charge in [-0.1, -0.05) is 26.0 Å². The molecule has 0 aromatic heterocycles. The van der Waals surface area contributed by atoms with Gasteiger partial charge in [-0.25, -0.2) is 12.8 Å². The van der Waals surface area contributed by atoms with Crippen molar-refractivity contribution in [1.29, 1.82) is 0 Å². The number of aryl methyl sites for hydroxylation is 1. The van der Waals surface area contributed by atoms with E-state index in [1.807, 2.05) is 13.8 Å². The molecule has 1 amide bonds. The summed E-state index contributed by atoms with van der Waals surface area (Å²) < 4.78 is 44.7. The molecule has 31 heavy (non-hydrogen) atoms. The molecule has 0 saturated heterocycles. The average molecular weight is 451 g/mol. The molecule has 2 rings (SSSR count). The molecule has 0 spiro atoms. The summed E-state index contributed by atoms with van der Waals surface area (Å²) in [4.78, 5) is 12.3. The fourth-order valence-electron chi connectivity index (χ4n) is 3.06. The van der Waals surface area contributed by atoms with Crippen molar-refractivity contribution in [2.75, 3.05) is 26.2 Å². The quantitative estimate of drug-likeness (QED) is 0.472. The average Bonchev–Trinajstić information content (AvgIpc) is 2.77. The number of unbranched alkanes of at least 4 members (excludes halogenated alkanes) is 1. The highest BCUT2D eigenvalue weighted by Gasteiger charge is 2.21. The molecule has 170 valence electrons. The van der Waals surface area contributed by atoms with Crippen molar-refractivity contribution in [3.63, 3.8) is 0 Å². The summed E-state index contributed by atoms with van der Waals surface area (Å²) in [6.07, 6.45) is 2.45. The first-order valence-electron chi connectivity index (χ1n) is 10.6. The lowest BCUT2D eigenvalue weighted by atomic mass is 10.1. The van der Waals surface area contributed by atoms with Crippen LogP contribution in [0, 0.1) is 5.82 Å². The van der Waals surface area contributed by atoms with E-state index >= 15 is 0 Å². The van der Waals surface area contributed by atoms with Gasteiger partial charge in [0.2, 0.25) is 15.9 Å².